The molecule has 0 saturated carbocycles. The van der Waals surface area contributed by atoms with Gasteiger partial charge in [-0.25, -0.2) is 13.1 Å². The molecule has 1 unspecified atom stereocenters. The van der Waals surface area contributed by atoms with Crippen LogP contribution >= 0.6 is 11.3 Å². The molecule has 1 aromatic carbocycles. The maximum absolute atomic E-state index is 12.1. The van der Waals surface area contributed by atoms with Crippen LogP contribution in [0.5, 0.6) is 5.75 Å². The monoisotopic (exact) mass is 368 g/mol. The number of thiophene rings is 1. The number of carbonyl (C=O) groups is 1. The van der Waals surface area contributed by atoms with Gasteiger partial charge in [0.05, 0.1) is 6.54 Å². The smallest absolute Gasteiger partial charge is 0.261 e. The van der Waals surface area contributed by atoms with Crippen LogP contribution < -0.4 is 14.8 Å². The second kappa shape index (κ2) is 7.78. The third-order valence-electron chi connectivity index (χ3n) is 3.28. The zero-order valence-corrected chi connectivity index (χ0v) is 15.3. The van der Waals surface area contributed by atoms with Crippen molar-refractivity contribution in [3.63, 3.8) is 0 Å². The Morgan fingerprint density at radius 1 is 1.29 bits per heavy atom. The minimum absolute atomic E-state index is 0.221. The molecule has 8 heteroatoms. The van der Waals surface area contributed by atoms with Crippen LogP contribution in [-0.4, -0.2) is 27.5 Å². The molecule has 6 nitrogen and oxygen atoms in total. The van der Waals surface area contributed by atoms with Crippen LogP contribution in [0, 0.1) is 6.92 Å². The molecule has 0 saturated heterocycles. The second-order valence-electron chi connectivity index (χ2n) is 5.22. The molecule has 24 heavy (non-hydrogen) atoms. The van der Waals surface area contributed by atoms with Crippen LogP contribution in [0.3, 0.4) is 0 Å². The Morgan fingerprint density at radius 2 is 2.04 bits per heavy atom. The van der Waals surface area contributed by atoms with Crippen molar-refractivity contribution in [3.8, 4) is 5.75 Å². The average Bonchev–Trinajstić information content (AvgIpc) is 3.02. The molecule has 0 fully saturated rings. The Labute approximate surface area is 145 Å². The highest BCUT2D eigenvalue weighted by Gasteiger charge is 2.17. The van der Waals surface area contributed by atoms with Crippen molar-refractivity contribution < 1.29 is 17.9 Å². The molecule has 1 atom stereocenters. The molecule has 1 aromatic heterocycles. The van der Waals surface area contributed by atoms with E-state index in [9.17, 15) is 13.2 Å². The maximum atomic E-state index is 12.1. The van der Waals surface area contributed by atoms with Crippen molar-refractivity contribution in [1.29, 1.82) is 0 Å². The van der Waals surface area contributed by atoms with Crippen LogP contribution in [-0.2, 0) is 21.4 Å². The normalized spacial score (nSPS) is 12.6. The molecule has 2 aromatic rings. The highest BCUT2D eigenvalue weighted by molar-refractivity contribution is 7.91. The third kappa shape index (κ3) is 4.80. The molecule has 1 heterocycles. The lowest BCUT2D eigenvalue weighted by molar-refractivity contribution is -0.127. The summed E-state index contributed by atoms with van der Waals surface area (Å²) in [5, 5.41) is 2.75. The average molecular weight is 368 g/mol. The topological polar surface area (TPSA) is 84.5 Å². The Morgan fingerprint density at radius 3 is 2.71 bits per heavy atom. The first-order valence-corrected chi connectivity index (χ1v) is 9.65. The molecule has 130 valence electrons. The van der Waals surface area contributed by atoms with E-state index in [1.54, 1.807) is 19.1 Å². The Kier molecular flexibility index (Phi) is 5.98. The fourth-order valence-corrected chi connectivity index (χ4v) is 4.10. The fraction of sp³-hybridized carbons (Fsp3) is 0.312. The lowest BCUT2D eigenvalue weighted by Crippen LogP contribution is -2.35. The van der Waals surface area contributed by atoms with Crippen molar-refractivity contribution in [2.45, 2.75) is 30.7 Å². The van der Waals surface area contributed by atoms with Crippen molar-refractivity contribution >= 4 is 27.3 Å². The van der Waals surface area contributed by atoms with E-state index in [1.807, 2.05) is 25.1 Å². The van der Waals surface area contributed by atoms with Crippen molar-refractivity contribution in [1.82, 2.24) is 10.0 Å². The number of nitrogens with one attached hydrogen (secondary N) is 2. The molecule has 2 rings (SSSR count). The number of rotatable bonds is 7. The molecule has 0 aliphatic carbocycles. The number of hydrogen-bond acceptors (Lipinski definition) is 5. The van der Waals surface area contributed by atoms with E-state index in [-0.39, 0.29) is 16.7 Å². The predicted octanol–water partition coefficient (Wildman–Crippen LogP) is 2.05. The first kappa shape index (κ1) is 18.4. The van der Waals surface area contributed by atoms with Gasteiger partial charge in [-0.15, -0.1) is 11.3 Å². The maximum Gasteiger partial charge on any atom is 0.261 e. The van der Waals surface area contributed by atoms with Gasteiger partial charge in [0, 0.05) is 4.88 Å². The number of amides is 1. The summed E-state index contributed by atoms with van der Waals surface area (Å²) in [6, 6.07) is 10.7. The zero-order chi connectivity index (χ0) is 17.7. The van der Waals surface area contributed by atoms with Crippen molar-refractivity contribution in [2.75, 3.05) is 7.05 Å². The molecule has 2 N–H and O–H groups in total. The van der Waals surface area contributed by atoms with Gasteiger partial charge in [0.1, 0.15) is 9.96 Å². The van der Waals surface area contributed by atoms with Crippen LogP contribution in [0.25, 0.3) is 0 Å². The van der Waals surface area contributed by atoms with E-state index in [4.69, 9.17) is 4.74 Å². The summed E-state index contributed by atoms with van der Waals surface area (Å²) in [6.45, 7) is 3.87. The van der Waals surface area contributed by atoms with Crippen LogP contribution in [0.2, 0.25) is 0 Å². The van der Waals surface area contributed by atoms with Crippen molar-refractivity contribution in [2.24, 2.45) is 0 Å². The highest BCUT2D eigenvalue weighted by atomic mass is 32.2. The lowest BCUT2D eigenvalue weighted by atomic mass is 10.2. The Bertz CT molecular complexity index is 815. The van der Waals surface area contributed by atoms with E-state index in [1.165, 1.54) is 13.1 Å². The number of benzene rings is 1. The van der Waals surface area contributed by atoms with Gasteiger partial charge < -0.3 is 10.1 Å². The van der Waals surface area contributed by atoms with E-state index in [0.717, 1.165) is 21.8 Å². The van der Waals surface area contributed by atoms with E-state index < -0.39 is 16.1 Å². The Hall–Kier alpha value is -1.90. The van der Waals surface area contributed by atoms with E-state index >= 15 is 0 Å². The van der Waals surface area contributed by atoms with Gasteiger partial charge in [-0.2, -0.15) is 0 Å². The first-order chi connectivity index (χ1) is 11.3. The summed E-state index contributed by atoms with van der Waals surface area (Å²) in [7, 11) is -2.08. The SMILES string of the molecule is CNS(=O)(=O)c1ccc(CNC(=O)C(C)Oc2cccc(C)c2)s1. The summed E-state index contributed by atoms with van der Waals surface area (Å²) in [4.78, 5) is 12.9. The molecule has 0 bridgehead atoms. The minimum atomic E-state index is -3.45. The highest BCUT2D eigenvalue weighted by Crippen LogP contribution is 2.21. The van der Waals surface area contributed by atoms with Gasteiger partial charge in [0.25, 0.3) is 5.91 Å². The zero-order valence-electron chi connectivity index (χ0n) is 13.7. The van der Waals surface area contributed by atoms with E-state index in [2.05, 4.69) is 10.0 Å². The van der Waals surface area contributed by atoms with Gasteiger partial charge in [0.2, 0.25) is 10.0 Å². The summed E-state index contributed by atoms with van der Waals surface area (Å²) < 4.78 is 31.5. The number of carbonyl (C=O) groups excluding carboxylic acids is 1. The summed E-state index contributed by atoms with van der Waals surface area (Å²) in [5.74, 6) is 0.374. The van der Waals surface area contributed by atoms with Gasteiger partial charge in [-0.05, 0) is 50.7 Å². The molecule has 0 aliphatic heterocycles. The summed E-state index contributed by atoms with van der Waals surface area (Å²) >= 11 is 1.12. The fourth-order valence-electron chi connectivity index (χ4n) is 1.96. The Balaban J connectivity index is 1.91. The summed E-state index contributed by atoms with van der Waals surface area (Å²) in [6.07, 6.45) is -0.646. The van der Waals surface area contributed by atoms with Gasteiger partial charge in [-0.1, -0.05) is 12.1 Å². The second-order valence-corrected chi connectivity index (χ2v) is 8.50. The molecule has 0 aliphatic rings. The minimum Gasteiger partial charge on any atom is -0.481 e. The van der Waals surface area contributed by atoms with Gasteiger partial charge in [-0.3, -0.25) is 4.79 Å². The number of aryl methyl sites for hydroxylation is 1. The van der Waals surface area contributed by atoms with Crippen LogP contribution in [0.15, 0.2) is 40.6 Å². The first-order valence-electron chi connectivity index (χ1n) is 7.35. The quantitative estimate of drug-likeness (QED) is 0.783. The van der Waals surface area contributed by atoms with Crippen LogP contribution in [0.4, 0.5) is 0 Å². The number of sulfonamides is 1. The molecule has 0 spiro atoms. The number of ether oxygens (including phenoxy) is 1. The van der Waals surface area contributed by atoms with Gasteiger partial charge >= 0.3 is 0 Å². The number of hydrogen-bond donors (Lipinski definition) is 2. The van der Waals surface area contributed by atoms with Crippen molar-refractivity contribution in [3.05, 3.63) is 46.8 Å². The molecule has 1 amide bonds. The molecule has 0 radical (unpaired) electrons. The molecular weight excluding hydrogens is 348 g/mol. The van der Waals surface area contributed by atoms with E-state index in [0.29, 0.717) is 5.75 Å². The largest absolute Gasteiger partial charge is 0.481 e. The van der Waals surface area contributed by atoms with Crippen LogP contribution in [0.1, 0.15) is 17.4 Å². The predicted molar refractivity (Wildman–Crippen MR) is 93.7 cm³/mol. The standard InChI is InChI=1S/C16H20N2O4S2/c1-11-5-4-6-13(9-11)22-12(2)16(19)18-10-14-7-8-15(23-14)24(20,21)17-3/h4-9,12,17H,10H2,1-3H3,(H,18,19). The third-order valence-corrected chi connectivity index (χ3v) is 6.27. The van der Waals surface area contributed by atoms with Gasteiger partial charge in [0.15, 0.2) is 6.10 Å². The molecular formula is C16H20N2O4S2. The summed E-state index contributed by atoms with van der Waals surface area (Å²) in [5.41, 5.74) is 1.05. The lowest BCUT2D eigenvalue weighted by Gasteiger charge is -2.14.